The van der Waals surface area contributed by atoms with Crippen molar-refractivity contribution < 1.29 is 18.0 Å². The maximum absolute atomic E-state index is 12.7. The Morgan fingerprint density at radius 3 is 2.55 bits per heavy atom. The molecule has 1 aliphatic carbocycles. The third kappa shape index (κ3) is 4.39. The van der Waals surface area contributed by atoms with E-state index in [9.17, 15) is 13.6 Å². The maximum Gasteiger partial charge on any atom is 0.296 e. The highest BCUT2D eigenvalue weighted by molar-refractivity contribution is 5.98. The molecule has 0 unspecified atom stereocenters. The van der Waals surface area contributed by atoms with Gasteiger partial charge in [-0.15, -0.1) is 0 Å². The molecule has 0 bridgehead atoms. The largest absolute Gasteiger partial charge is 0.462 e. The van der Waals surface area contributed by atoms with Gasteiger partial charge in [0.25, 0.3) is 12.3 Å². The first kappa shape index (κ1) is 16.6. The van der Waals surface area contributed by atoms with Crippen LogP contribution < -0.4 is 5.32 Å². The summed E-state index contributed by atoms with van der Waals surface area (Å²) in [6.45, 7) is 0.108. The third-order valence-corrected chi connectivity index (χ3v) is 4.18. The Bertz CT molecular complexity index is 506. The lowest BCUT2D eigenvalue weighted by atomic mass is 9.87. The minimum Gasteiger partial charge on any atom is -0.462 e. The molecule has 0 aliphatic heterocycles. The molecule has 1 heterocycles. The minimum atomic E-state index is -2.82. The third-order valence-electron chi connectivity index (χ3n) is 4.18. The van der Waals surface area contributed by atoms with E-state index < -0.39 is 18.1 Å². The van der Waals surface area contributed by atoms with Crippen molar-refractivity contribution in [2.24, 2.45) is 5.92 Å². The molecule has 2 N–H and O–H groups in total. The van der Waals surface area contributed by atoms with E-state index in [1.165, 1.54) is 25.3 Å². The molecule has 4 nitrogen and oxygen atoms in total. The number of halogens is 2. The predicted molar refractivity (Wildman–Crippen MR) is 79.5 cm³/mol. The highest BCUT2D eigenvalue weighted by Crippen LogP contribution is 2.24. The van der Waals surface area contributed by atoms with Gasteiger partial charge in [-0.2, -0.15) is 0 Å². The van der Waals surface area contributed by atoms with Crippen molar-refractivity contribution in [3.63, 3.8) is 0 Å². The van der Waals surface area contributed by atoms with Crippen LogP contribution in [0.5, 0.6) is 0 Å². The molecule has 1 fully saturated rings. The van der Waals surface area contributed by atoms with E-state index in [0.29, 0.717) is 5.71 Å². The summed E-state index contributed by atoms with van der Waals surface area (Å²) in [4.78, 5) is 11.9. The fourth-order valence-corrected chi connectivity index (χ4v) is 2.90. The van der Waals surface area contributed by atoms with E-state index in [-0.39, 0.29) is 18.0 Å². The Labute approximate surface area is 128 Å². The molecule has 0 atom stereocenters. The topological polar surface area (TPSA) is 66.1 Å². The van der Waals surface area contributed by atoms with Crippen LogP contribution in [0.15, 0.2) is 16.7 Å². The van der Waals surface area contributed by atoms with Crippen molar-refractivity contribution >= 4 is 11.6 Å². The minimum absolute atomic E-state index is 0.108. The van der Waals surface area contributed by atoms with Gasteiger partial charge < -0.3 is 15.1 Å². The average molecular weight is 312 g/mol. The van der Waals surface area contributed by atoms with Crippen LogP contribution in [0.1, 0.15) is 67.5 Å². The van der Waals surface area contributed by atoms with E-state index in [1.54, 1.807) is 0 Å². The van der Waals surface area contributed by atoms with Gasteiger partial charge in [0.15, 0.2) is 5.76 Å². The van der Waals surface area contributed by atoms with Crippen molar-refractivity contribution in [1.82, 2.24) is 5.32 Å². The SMILES string of the molecule is N=C(CNC(=O)c1ccoc1C(F)F)C1CCCCCCC1. The molecule has 0 saturated heterocycles. The van der Waals surface area contributed by atoms with Crippen LogP contribution in [0.4, 0.5) is 8.78 Å². The standard InChI is InChI=1S/C16H22F2N2O2/c17-15(18)14-12(8-9-22-14)16(21)20-10-13(19)11-6-4-2-1-3-5-7-11/h8-9,11,15,19H,1-7,10H2,(H,20,21). The summed E-state index contributed by atoms with van der Waals surface area (Å²) < 4.78 is 30.0. The van der Waals surface area contributed by atoms with Crippen LogP contribution in [0.2, 0.25) is 0 Å². The summed E-state index contributed by atoms with van der Waals surface area (Å²) in [7, 11) is 0. The Morgan fingerprint density at radius 2 is 1.91 bits per heavy atom. The first-order chi connectivity index (χ1) is 10.6. The number of hydrogen-bond donors (Lipinski definition) is 2. The first-order valence-corrected chi connectivity index (χ1v) is 7.80. The van der Waals surface area contributed by atoms with E-state index >= 15 is 0 Å². The van der Waals surface area contributed by atoms with Crippen molar-refractivity contribution in [3.8, 4) is 0 Å². The zero-order valence-electron chi connectivity index (χ0n) is 12.5. The first-order valence-electron chi connectivity index (χ1n) is 7.80. The highest BCUT2D eigenvalue weighted by Gasteiger charge is 2.23. The monoisotopic (exact) mass is 312 g/mol. The molecule has 6 heteroatoms. The molecule has 1 aromatic rings. The summed E-state index contributed by atoms with van der Waals surface area (Å²) in [6.07, 6.45) is 6.08. The lowest BCUT2D eigenvalue weighted by Gasteiger charge is -2.20. The van der Waals surface area contributed by atoms with Crippen LogP contribution in [0.3, 0.4) is 0 Å². The van der Waals surface area contributed by atoms with Crippen molar-refractivity contribution in [2.75, 3.05) is 6.54 Å². The summed E-state index contributed by atoms with van der Waals surface area (Å²) in [5.41, 5.74) is 0.331. The number of carbonyl (C=O) groups excluding carboxylic acids is 1. The second-order valence-corrected chi connectivity index (χ2v) is 5.75. The van der Waals surface area contributed by atoms with Crippen LogP contribution >= 0.6 is 0 Å². The van der Waals surface area contributed by atoms with Crippen LogP contribution in [-0.4, -0.2) is 18.2 Å². The smallest absolute Gasteiger partial charge is 0.296 e. The fourth-order valence-electron chi connectivity index (χ4n) is 2.90. The van der Waals surface area contributed by atoms with Crippen molar-refractivity contribution in [2.45, 2.75) is 51.4 Å². The van der Waals surface area contributed by atoms with Gasteiger partial charge in [0.2, 0.25) is 0 Å². The zero-order valence-corrected chi connectivity index (χ0v) is 12.5. The molecule has 1 amide bonds. The van der Waals surface area contributed by atoms with Gasteiger partial charge in [-0.25, -0.2) is 8.78 Å². The molecular formula is C16H22F2N2O2. The van der Waals surface area contributed by atoms with Gasteiger partial charge in [0, 0.05) is 5.71 Å². The van der Waals surface area contributed by atoms with Crippen LogP contribution in [0, 0.1) is 11.3 Å². The molecule has 0 radical (unpaired) electrons. The quantitative estimate of drug-likeness (QED) is 0.795. The Hall–Kier alpha value is -1.72. The molecule has 2 rings (SSSR count). The summed E-state index contributed by atoms with van der Waals surface area (Å²) in [6, 6.07) is 1.23. The number of carbonyl (C=O) groups is 1. The number of amides is 1. The zero-order chi connectivity index (χ0) is 15.9. The average Bonchev–Trinajstić information content (AvgIpc) is 2.93. The maximum atomic E-state index is 12.7. The molecule has 1 aliphatic rings. The lowest BCUT2D eigenvalue weighted by molar-refractivity contribution is 0.0925. The van der Waals surface area contributed by atoms with Gasteiger partial charge in [0.1, 0.15) is 0 Å². The van der Waals surface area contributed by atoms with E-state index in [2.05, 4.69) is 9.73 Å². The van der Waals surface area contributed by atoms with Crippen molar-refractivity contribution in [3.05, 3.63) is 23.7 Å². The molecular weight excluding hydrogens is 290 g/mol. The predicted octanol–water partition coefficient (Wildman–Crippen LogP) is 4.33. The Kier molecular flexibility index (Phi) is 6.10. The van der Waals surface area contributed by atoms with E-state index in [1.807, 2.05) is 0 Å². The highest BCUT2D eigenvalue weighted by atomic mass is 19.3. The molecule has 0 aromatic carbocycles. The Balaban J connectivity index is 1.87. The van der Waals surface area contributed by atoms with Gasteiger partial charge in [-0.1, -0.05) is 32.1 Å². The van der Waals surface area contributed by atoms with E-state index in [0.717, 1.165) is 31.9 Å². The van der Waals surface area contributed by atoms with Gasteiger partial charge >= 0.3 is 0 Å². The molecule has 22 heavy (non-hydrogen) atoms. The number of alkyl halides is 2. The van der Waals surface area contributed by atoms with Crippen LogP contribution in [-0.2, 0) is 0 Å². The summed E-state index contributed by atoms with van der Waals surface area (Å²) in [5.74, 6) is -1.03. The van der Waals surface area contributed by atoms with Crippen LogP contribution in [0.25, 0.3) is 0 Å². The van der Waals surface area contributed by atoms with Gasteiger partial charge in [0.05, 0.1) is 18.4 Å². The van der Waals surface area contributed by atoms with Gasteiger partial charge in [-0.05, 0) is 24.8 Å². The van der Waals surface area contributed by atoms with E-state index in [4.69, 9.17) is 5.41 Å². The second kappa shape index (κ2) is 8.06. The van der Waals surface area contributed by atoms with Gasteiger partial charge in [-0.3, -0.25) is 4.79 Å². The summed E-state index contributed by atoms with van der Waals surface area (Å²) >= 11 is 0. The number of rotatable bonds is 5. The molecule has 1 saturated carbocycles. The molecule has 0 spiro atoms. The molecule has 1 aromatic heterocycles. The summed E-state index contributed by atoms with van der Waals surface area (Å²) in [5, 5.41) is 10.7. The van der Waals surface area contributed by atoms with Crippen molar-refractivity contribution in [1.29, 1.82) is 5.41 Å². The normalized spacial score (nSPS) is 17.0. The fraction of sp³-hybridized carbons (Fsp3) is 0.625. The second-order valence-electron chi connectivity index (χ2n) is 5.75. The lowest BCUT2D eigenvalue weighted by Crippen LogP contribution is -2.33. The molecule has 122 valence electrons. The number of hydrogen-bond acceptors (Lipinski definition) is 3. The Morgan fingerprint density at radius 1 is 1.27 bits per heavy atom. The number of furan rings is 1. The number of nitrogens with one attached hydrogen (secondary N) is 2.